The summed E-state index contributed by atoms with van der Waals surface area (Å²) < 4.78 is 1.96. The summed E-state index contributed by atoms with van der Waals surface area (Å²) in [5.41, 5.74) is 3.17. The molecule has 0 radical (unpaired) electrons. The fourth-order valence-electron chi connectivity index (χ4n) is 2.52. The first kappa shape index (κ1) is 13.1. The highest BCUT2D eigenvalue weighted by atomic mass is 15.1. The number of rotatable bonds is 3. The predicted molar refractivity (Wildman–Crippen MR) is 72.2 cm³/mol. The average molecular weight is 246 g/mol. The third-order valence-corrected chi connectivity index (χ3v) is 4.05. The van der Waals surface area contributed by atoms with Crippen LogP contribution in [-0.4, -0.2) is 35.6 Å². The molecule has 0 saturated carbocycles. The van der Waals surface area contributed by atoms with Crippen LogP contribution < -0.4 is 5.32 Å². The summed E-state index contributed by atoms with van der Waals surface area (Å²) in [6, 6.07) is 4.84. The van der Waals surface area contributed by atoms with Crippen LogP contribution in [0, 0.1) is 18.3 Å². The zero-order chi connectivity index (χ0) is 13.1. The van der Waals surface area contributed by atoms with Crippen LogP contribution in [-0.2, 0) is 13.6 Å². The van der Waals surface area contributed by atoms with E-state index >= 15 is 0 Å². The number of hydrogen-bond acceptors (Lipinski definition) is 3. The number of nitriles is 1. The Bertz CT molecular complexity index is 447. The second-order valence-electron chi connectivity index (χ2n) is 5.27. The van der Waals surface area contributed by atoms with Gasteiger partial charge in [-0.05, 0) is 51.5 Å². The van der Waals surface area contributed by atoms with E-state index in [1.165, 1.54) is 37.2 Å². The van der Waals surface area contributed by atoms with Gasteiger partial charge in [0.1, 0.15) is 11.8 Å². The molecule has 1 aromatic heterocycles. The Hall–Kier alpha value is -1.31. The summed E-state index contributed by atoms with van der Waals surface area (Å²) in [4.78, 5) is 2.37. The van der Waals surface area contributed by atoms with Crippen LogP contribution in [0.4, 0.5) is 0 Å². The minimum atomic E-state index is 0.617. The van der Waals surface area contributed by atoms with Crippen LogP contribution in [0.5, 0.6) is 0 Å². The molecule has 98 valence electrons. The van der Waals surface area contributed by atoms with Crippen molar-refractivity contribution in [2.24, 2.45) is 7.05 Å². The number of nitrogens with zero attached hydrogens (tertiary/aromatic N) is 3. The van der Waals surface area contributed by atoms with Gasteiger partial charge in [-0.3, -0.25) is 0 Å². The second-order valence-corrected chi connectivity index (χ2v) is 5.27. The minimum Gasteiger partial charge on any atom is -0.340 e. The van der Waals surface area contributed by atoms with Crippen molar-refractivity contribution in [3.63, 3.8) is 0 Å². The summed E-state index contributed by atoms with van der Waals surface area (Å²) in [5, 5.41) is 12.6. The van der Waals surface area contributed by atoms with Crippen LogP contribution in [0.15, 0.2) is 6.07 Å². The molecule has 0 spiro atoms. The van der Waals surface area contributed by atoms with E-state index < -0.39 is 0 Å². The Morgan fingerprint density at radius 3 is 2.61 bits per heavy atom. The van der Waals surface area contributed by atoms with E-state index in [0.29, 0.717) is 6.04 Å². The first-order chi connectivity index (χ1) is 8.61. The summed E-state index contributed by atoms with van der Waals surface area (Å²) in [6.45, 7) is 5.30. The Morgan fingerprint density at radius 1 is 1.39 bits per heavy atom. The Labute approximate surface area is 109 Å². The Balaban J connectivity index is 1.93. The van der Waals surface area contributed by atoms with Crippen LogP contribution in [0.2, 0.25) is 0 Å². The van der Waals surface area contributed by atoms with E-state index in [-0.39, 0.29) is 0 Å². The molecule has 0 unspecified atom stereocenters. The summed E-state index contributed by atoms with van der Waals surface area (Å²) in [7, 11) is 4.13. The molecule has 1 saturated heterocycles. The quantitative estimate of drug-likeness (QED) is 0.876. The van der Waals surface area contributed by atoms with E-state index in [2.05, 4.69) is 30.3 Å². The summed E-state index contributed by atoms with van der Waals surface area (Å²) >= 11 is 0. The van der Waals surface area contributed by atoms with Gasteiger partial charge in [0.2, 0.25) is 0 Å². The standard InChI is InChI=1S/C14H22N4/c1-11-12(8-14(9-15)18(11)3)10-16-13-4-6-17(2)7-5-13/h8,13,16H,4-7,10H2,1-3H3. The molecule has 4 nitrogen and oxygen atoms in total. The molecule has 0 atom stereocenters. The molecule has 0 aliphatic carbocycles. The van der Waals surface area contributed by atoms with Crippen molar-refractivity contribution >= 4 is 0 Å². The number of aromatic nitrogens is 1. The fraction of sp³-hybridized carbons (Fsp3) is 0.643. The molecule has 1 aliphatic rings. The van der Waals surface area contributed by atoms with Crippen LogP contribution in [0.3, 0.4) is 0 Å². The van der Waals surface area contributed by atoms with Gasteiger partial charge in [0.25, 0.3) is 0 Å². The van der Waals surface area contributed by atoms with E-state index in [4.69, 9.17) is 5.26 Å². The number of nitrogens with one attached hydrogen (secondary N) is 1. The zero-order valence-corrected chi connectivity index (χ0v) is 11.5. The molecular weight excluding hydrogens is 224 g/mol. The van der Waals surface area contributed by atoms with Crippen LogP contribution in [0.25, 0.3) is 0 Å². The van der Waals surface area contributed by atoms with E-state index in [1.807, 2.05) is 17.7 Å². The van der Waals surface area contributed by atoms with Gasteiger partial charge in [-0.2, -0.15) is 5.26 Å². The number of likely N-dealkylation sites (tertiary alicyclic amines) is 1. The molecule has 1 aromatic rings. The SMILES string of the molecule is Cc1c(CNC2CCN(C)CC2)cc(C#N)n1C. The highest BCUT2D eigenvalue weighted by Crippen LogP contribution is 2.15. The maximum Gasteiger partial charge on any atom is 0.120 e. The van der Waals surface area contributed by atoms with Gasteiger partial charge in [-0.1, -0.05) is 0 Å². The molecule has 0 bridgehead atoms. The summed E-state index contributed by atoms with van der Waals surface area (Å²) in [5.74, 6) is 0. The highest BCUT2D eigenvalue weighted by Gasteiger charge is 2.16. The third kappa shape index (κ3) is 2.74. The normalized spacial score (nSPS) is 17.9. The van der Waals surface area contributed by atoms with Crippen molar-refractivity contribution in [3.05, 3.63) is 23.0 Å². The van der Waals surface area contributed by atoms with Gasteiger partial charge in [0.15, 0.2) is 0 Å². The molecule has 2 heterocycles. The van der Waals surface area contributed by atoms with Crippen molar-refractivity contribution in [2.75, 3.05) is 20.1 Å². The summed E-state index contributed by atoms with van der Waals surface area (Å²) in [6.07, 6.45) is 2.43. The maximum atomic E-state index is 9.01. The Morgan fingerprint density at radius 2 is 2.06 bits per heavy atom. The predicted octanol–water partition coefficient (Wildman–Crippen LogP) is 1.39. The lowest BCUT2D eigenvalue weighted by molar-refractivity contribution is 0.234. The van der Waals surface area contributed by atoms with E-state index in [9.17, 15) is 0 Å². The monoisotopic (exact) mass is 246 g/mol. The molecule has 0 aromatic carbocycles. The Kier molecular flexibility index (Phi) is 4.05. The lowest BCUT2D eigenvalue weighted by Crippen LogP contribution is -2.40. The average Bonchev–Trinajstić information content (AvgIpc) is 2.65. The molecule has 1 aliphatic heterocycles. The van der Waals surface area contributed by atoms with Crippen molar-refractivity contribution in [3.8, 4) is 6.07 Å². The first-order valence-electron chi connectivity index (χ1n) is 6.59. The van der Waals surface area contributed by atoms with Crippen molar-refractivity contribution in [1.82, 2.24) is 14.8 Å². The van der Waals surface area contributed by atoms with Gasteiger partial charge in [-0.15, -0.1) is 0 Å². The van der Waals surface area contributed by atoms with Crippen molar-refractivity contribution < 1.29 is 0 Å². The molecule has 2 rings (SSSR count). The zero-order valence-electron chi connectivity index (χ0n) is 11.5. The molecular formula is C14H22N4. The molecule has 4 heteroatoms. The van der Waals surface area contributed by atoms with Gasteiger partial charge >= 0.3 is 0 Å². The molecule has 1 N–H and O–H groups in total. The van der Waals surface area contributed by atoms with Crippen LogP contribution >= 0.6 is 0 Å². The van der Waals surface area contributed by atoms with E-state index in [1.54, 1.807) is 0 Å². The smallest absolute Gasteiger partial charge is 0.120 e. The molecule has 0 amide bonds. The minimum absolute atomic E-state index is 0.617. The number of piperidine rings is 1. The highest BCUT2D eigenvalue weighted by molar-refractivity contribution is 5.34. The van der Waals surface area contributed by atoms with Gasteiger partial charge in [0, 0.05) is 25.3 Å². The molecule has 18 heavy (non-hydrogen) atoms. The molecule has 1 fully saturated rings. The topological polar surface area (TPSA) is 44.0 Å². The largest absolute Gasteiger partial charge is 0.340 e. The van der Waals surface area contributed by atoms with E-state index in [0.717, 1.165) is 12.2 Å². The van der Waals surface area contributed by atoms with Gasteiger partial charge < -0.3 is 14.8 Å². The second kappa shape index (κ2) is 5.55. The van der Waals surface area contributed by atoms with Crippen molar-refractivity contribution in [2.45, 2.75) is 32.4 Å². The number of hydrogen-bond donors (Lipinski definition) is 1. The van der Waals surface area contributed by atoms with Crippen molar-refractivity contribution in [1.29, 1.82) is 5.26 Å². The lowest BCUT2D eigenvalue weighted by atomic mass is 10.1. The van der Waals surface area contributed by atoms with Gasteiger partial charge in [0.05, 0.1) is 0 Å². The van der Waals surface area contributed by atoms with Gasteiger partial charge in [-0.25, -0.2) is 0 Å². The first-order valence-corrected chi connectivity index (χ1v) is 6.59. The van der Waals surface area contributed by atoms with Crippen LogP contribution in [0.1, 0.15) is 29.8 Å². The maximum absolute atomic E-state index is 9.01. The lowest BCUT2D eigenvalue weighted by Gasteiger charge is -2.29. The third-order valence-electron chi connectivity index (χ3n) is 4.05. The fourth-order valence-corrected chi connectivity index (χ4v) is 2.52.